The smallest absolute Gasteiger partial charge is 0.358 e. The van der Waals surface area contributed by atoms with Crippen molar-refractivity contribution in [2.75, 3.05) is 7.11 Å². The van der Waals surface area contributed by atoms with Gasteiger partial charge in [-0.25, -0.2) is 19.0 Å². The molecule has 0 spiro atoms. The standard InChI is InChI=1S/C28H31ClFNO6/c1-15-11-17-18-13-20(30)19-12-16(32)8-9-25(19,2)27(18,29)22(33)14-26(17,3)28(15,24(35)36-4)37-23(34)21-7-5-6-10-31-21/h5-10,12,15,17-18,20,22,33H,11,13-14H2,1-4H3/t15-,17?,18?,20+,22+,25+,26+,27+,28+/m1/s1. The predicted octanol–water partition coefficient (Wildman–Crippen LogP) is 3.98. The molecule has 3 saturated carbocycles. The van der Waals surface area contributed by atoms with Crippen molar-refractivity contribution in [2.45, 2.75) is 62.8 Å². The first-order valence-electron chi connectivity index (χ1n) is 12.6. The molecule has 1 aromatic heterocycles. The minimum atomic E-state index is -1.75. The number of alkyl halides is 2. The number of aliphatic hydroxyl groups excluding tert-OH is 1. The lowest BCUT2D eigenvalue weighted by atomic mass is 9.45. The van der Waals surface area contributed by atoms with E-state index in [2.05, 4.69) is 4.98 Å². The molecule has 0 aliphatic heterocycles. The molecular formula is C28H31ClFNO6. The Morgan fingerprint density at radius 1 is 1.22 bits per heavy atom. The zero-order valence-electron chi connectivity index (χ0n) is 21.2. The van der Waals surface area contributed by atoms with Gasteiger partial charge in [0.25, 0.3) is 0 Å². The van der Waals surface area contributed by atoms with Gasteiger partial charge in [0, 0.05) is 22.9 Å². The van der Waals surface area contributed by atoms with Gasteiger partial charge in [-0.05, 0) is 61.0 Å². The number of allylic oxidation sites excluding steroid dienone is 4. The van der Waals surface area contributed by atoms with E-state index in [0.717, 1.165) is 0 Å². The van der Waals surface area contributed by atoms with Crippen molar-refractivity contribution in [3.63, 3.8) is 0 Å². The fourth-order valence-electron chi connectivity index (χ4n) is 8.05. The average Bonchev–Trinajstić information content (AvgIpc) is 3.09. The Labute approximate surface area is 220 Å². The summed E-state index contributed by atoms with van der Waals surface area (Å²) in [5.74, 6) is -3.31. The monoisotopic (exact) mass is 531 g/mol. The van der Waals surface area contributed by atoms with Gasteiger partial charge < -0.3 is 14.6 Å². The van der Waals surface area contributed by atoms with E-state index < -0.39 is 57.4 Å². The lowest BCUT2D eigenvalue weighted by Crippen LogP contribution is -2.70. The number of pyridine rings is 1. The summed E-state index contributed by atoms with van der Waals surface area (Å²) in [6.07, 6.45) is 3.44. The zero-order chi connectivity index (χ0) is 27.0. The summed E-state index contributed by atoms with van der Waals surface area (Å²) in [6.45, 7) is 5.35. The topological polar surface area (TPSA) is 103 Å². The Morgan fingerprint density at radius 2 is 1.95 bits per heavy atom. The summed E-state index contributed by atoms with van der Waals surface area (Å²) < 4.78 is 27.0. The molecule has 7 nitrogen and oxygen atoms in total. The molecule has 4 aliphatic rings. The summed E-state index contributed by atoms with van der Waals surface area (Å²) in [5, 5.41) is 11.8. The summed E-state index contributed by atoms with van der Waals surface area (Å²) in [5.41, 5.74) is -3.68. The number of fused-ring (bicyclic) bond motifs is 5. The molecule has 0 amide bonds. The number of carbonyl (C=O) groups is 3. The molecule has 1 aromatic rings. The van der Waals surface area contributed by atoms with Crippen LogP contribution < -0.4 is 0 Å². The molecule has 4 aliphatic carbocycles. The maximum atomic E-state index is 15.8. The molecule has 0 bridgehead atoms. The first-order valence-corrected chi connectivity index (χ1v) is 12.9. The van der Waals surface area contributed by atoms with Gasteiger partial charge in [0.05, 0.1) is 18.1 Å². The third-order valence-corrected chi connectivity index (χ3v) is 10.7. The molecule has 1 N–H and O–H groups in total. The van der Waals surface area contributed by atoms with Crippen LogP contribution in [0.2, 0.25) is 0 Å². The SMILES string of the molecule is COC(=O)[C@@]1(OC(=O)c2ccccn2)[C@H](C)CC2C3C[C@H](F)C4=CC(=O)C=C[C@]4(C)[C@@]3(Cl)[C@@H](O)C[C@@]21C. The quantitative estimate of drug-likeness (QED) is 0.465. The molecule has 1 heterocycles. The second kappa shape index (κ2) is 8.46. The van der Waals surface area contributed by atoms with Gasteiger partial charge in [0.1, 0.15) is 11.9 Å². The number of hydrogen-bond donors (Lipinski definition) is 1. The van der Waals surface area contributed by atoms with E-state index in [-0.39, 0.29) is 35.8 Å². The Balaban J connectivity index is 1.63. The lowest BCUT2D eigenvalue weighted by Gasteiger charge is -2.64. The van der Waals surface area contributed by atoms with Gasteiger partial charge >= 0.3 is 11.9 Å². The Kier molecular flexibility index (Phi) is 5.96. The van der Waals surface area contributed by atoms with Crippen LogP contribution in [-0.4, -0.2) is 57.7 Å². The number of ketones is 1. The van der Waals surface area contributed by atoms with Crippen LogP contribution in [0.5, 0.6) is 0 Å². The van der Waals surface area contributed by atoms with Crippen LogP contribution in [0, 0.1) is 28.6 Å². The molecule has 9 heteroatoms. The summed E-state index contributed by atoms with van der Waals surface area (Å²) in [4.78, 5) is 41.6. The van der Waals surface area contributed by atoms with Crippen LogP contribution in [0.25, 0.3) is 0 Å². The highest BCUT2D eigenvalue weighted by Crippen LogP contribution is 2.72. The van der Waals surface area contributed by atoms with Crippen LogP contribution in [-0.2, 0) is 19.1 Å². The van der Waals surface area contributed by atoms with E-state index in [9.17, 15) is 19.5 Å². The number of halogens is 2. The number of esters is 2. The van der Waals surface area contributed by atoms with Crippen molar-refractivity contribution in [3.05, 3.63) is 53.9 Å². The van der Waals surface area contributed by atoms with Crippen molar-refractivity contribution >= 4 is 29.3 Å². The maximum absolute atomic E-state index is 15.8. The largest absolute Gasteiger partial charge is 0.466 e. The van der Waals surface area contributed by atoms with E-state index in [1.165, 1.54) is 31.5 Å². The van der Waals surface area contributed by atoms with Gasteiger partial charge in [-0.3, -0.25) is 4.79 Å². The number of nitrogens with zero attached hydrogens (tertiary/aromatic N) is 1. The van der Waals surface area contributed by atoms with E-state index >= 15 is 4.39 Å². The van der Waals surface area contributed by atoms with Crippen molar-refractivity contribution in [2.24, 2.45) is 28.6 Å². The highest BCUT2D eigenvalue weighted by molar-refractivity contribution is 6.26. The second-order valence-electron chi connectivity index (χ2n) is 11.3. The van der Waals surface area contributed by atoms with Crippen LogP contribution >= 0.6 is 11.6 Å². The lowest BCUT2D eigenvalue weighted by molar-refractivity contribution is -0.199. The summed E-state index contributed by atoms with van der Waals surface area (Å²) in [7, 11) is 1.23. The number of rotatable bonds is 3. The van der Waals surface area contributed by atoms with Gasteiger partial charge in [-0.1, -0.05) is 32.9 Å². The number of carbonyl (C=O) groups excluding carboxylic acids is 3. The van der Waals surface area contributed by atoms with Gasteiger partial charge in [-0.15, -0.1) is 11.6 Å². The van der Waals surface area contributed by atoms with Crippen LogP contribution in [0.4, 0.5) is 4.39 Å². The van der Waals surface area contributed by atoms with E-state index in [1.807, 2.05) is 0 Å². The minimum absolute atomic E-state index is 0.00815. The van der Waals surface area contributed by atoms with E-state index in [4.69, 9.17) is 21.1 Å². The van der Waals surface area contributed by atoms with Gasteiger partial charge in [0.2, 0.25) is 5.60 Å². The average molecular weight is 532 g/mol. The van der Waals surface area contributed by atoms with Crippen molar-refractivity contribution in [1.82, 2.24) is 4.98 Å². The Hall–Kier alpha value is -2.58. The highest BCUT2D eigenvalue weighted by Gasteiger charge is 2.78. The fourth-order valence-corrected chi connectivity index (χ4v) is 8.54. The Bertz CT molecular complexity index is 1220. The van der Waals surface area contributed by atoms with Crippen molar-refractivity contribution in [3.8, 4) is 0 Å². The molecule has 2 unspecified atom stereocenters. The number of aromatic nitrogens is 1. The van der Waals surface area contributed by atoms with E-state index in [0.29, 0.717) is 6.42 Å². The summed E-state index contributed by atoms with van der Waals surface area (Å²) in [6, 6.07) is 4.79. The Morgan fingerprint density at radius 3 is 2.59 bits per heavy atom. The molecule has 0 aromatic carbocycles. The van der Waals surface area contributed by atoms with Gasteiger partial charge in [0.15, 0.2) is 5.78 Å². The normalized spacial score (nSPS) is 44.2. The molecule has 37 heavy (non-hydrogen) atoms. The number of ether oxygens (including phenoxy) is 2. The van der Waals surface area contributed by atoms with Gasteiger partial charge in [-0.2, -0.15) is 0 Å². The molecule has 3 fully saturated rings. The van der Waals surface area contributed by atoms with Crippen LogP contribution in [0.3, 0.4) is 0 Å². The van der Waals surface area contributed by atoms with Crippen molar-refractivity contribution in [1.29, 1.82) is 0 Å². The van der Waals surface area contributed by atoms with E-state index in [1.54, 1.807) is 39.0 Å². The summed E-state index contributed by atoms with van der Waals surface area (Å²) >= 11 is 7.39. The van der Waals surface area contributed by atoms with Crippen LogP contribution in [0.1, 0.15) is 50.5 Å². The third kappa shape index (κ3) is 3.21. The third-order valence-electron chi connectivity index (χ3n) is 9.78. The first kappa shape index (κ1) is 26.0. The number of aliphatic hydroxyl groups is 1. The number of hydrogen-bond acceptors (Lipinski definition) is 7. The molecule has 5 rings (SSSR count). The molecule has 0 saturated heterocycles. The number of methoxy groups -OCH3 is 1. The fraction of sp³-hybridized carbons (Fsp3) is 0.571. The van der Waals surface area contributed by atoms with Crippen molar-refractivity contribution < 1.29 is 33.4 Å². The van der Waals surface area contributed by atoms with Crippen LogP contribution in [0.15, 0.2) is 48.2 Å². The maximum Gasteiger partial charge on any atom is 0.358 e. The predicted molar refractivity (Wildman–Crippen MR) is 132 cm³/mol. The molecular weight excluding hydrogens is 501 g/mol. The first-order chi connectivity index (χ1) is 17.4. The minimum Gasteiger partial charge on any atom is -0.466 e. The second-order valence-corrected chi connectivity index (χ2v) is 12.0. The molecule has 198 valence electrons. The zero-order valence-corrected chi connectivity index (χ0v) is 22.0. The molecule has 9 atom stereocenters. The molecule has 0 radical (unpaired) electrons. The highest BCUT2D eigenvalue weighted by atomic mass is 35.5.